The van der Waals surface area contributed by atoms with E-state index in [9.17, 15) is 4.79 Å². The maximum atomic E-state index is 11.8. The quantitative estimate of drug-likeness (QED) is 0.689. The molecule has 98 valence electrons. The molecule has 0 aliphatic rings. The molecule has 2 aromatic heterocycles. The van der Waals surface area contributed by atoms with E-state index in [0.29, 0.717) is 5.56 Å². The van der Waals surface area contributed by atoms with Gasteiger partial charge in [0.05, 0.1) is 19.9 Å². The maximum Gasteiger partial charge on any atom is 0.272 e. The maximum absolute atomic E-state index is 11.8. The van der Waals surface area contributed by atoms with Crippen LogP contribution in [0.2, 0.25) is 0 Å². The molecule has 0 aromatic carbocycles. The molecule has 0 aliphatic carbocycles. The van der Waals surface area contributed by atoms with Crippen molar-refractivity contribution in [1.82, 2.24) is 10.4 Å². The van der Waals surface area contributed by atoms with E-state index < -0.39 is 0 Å². The Morgan fingerprint density at radius 1 is 1.37 bits per heavy atom. The number of hydrogen-bond donors (Lipinski definition) is 1. The number of carbonyl (C=O) groups excluding carboxylic acids is 1. The number of nitrogens with one attached hydrogen (secondary N) is 1. The van der Waals surface area contributed by atoms with Gasteiger partial charge in [-0.3, -0.25) is 9.78 Å². The minimum absolute atomic E-state index is 0.262. The lowest BCUT2D eigenvalue weighted by Crippen LogP contribution is -2.19. The van der Waals surface area contributed by atoms with Crippen LogP contribution < -0.4 is 5.43 Å². The molecule has 0 saturated carbocycles. The van der Waals surface area contributed by atoms with Crippen molar-refractivity contribution in [3.8, 4) is 0 Å². The van der Waals surface area contributed by atoms with Crippen LogP contribution in [0.5, 0.6) is 0 Å². The third-order valence-electron chi connectivity index (χ3n) is 2.43. The average molecular weight is 338 g/mol. The van der Waals surface area contributed by atoms with E-state index in [1.165, 1.54) is 6.20 Å². The second kappa shape index (κ2) is 6.08. The van der Waals surface area contributed by atoms with E-state index in [1.807, 2.05) is 26.0 Å². The predicted octanol–water partition coefficient (Wildman–Crippen LogP) is 3.37. The van der Waals surface area contributed by atoms with Gasteiger partial charge < -0.3 is 0 Å². The first-order valence-corrected chi connectivity index (χ1v) is 7.20. The van der Waals surface area contributed by atoms with Crippen LogP contribution in [0.1, 0.15) is 27.9 Å². The Hall–Kier alpha value is -1.53. The van der Waals surface area contributed by atoms with Gasteiger partial charge in [-0.05, 0) is 54.0 Å². The summed E-state index contributed by atoms with van der Waals surface area (Å²) in [6.07, 6.45) is 1.54. The molecule has 6 heteroatoms. The Kier molecular flexibility index (Phi) is 4.44. The van der Waals surface area contributed by atoms with Gasteiger partial charge in [0.15, 0.2) is 0 Å². The summed E-state index contributed by atoms with van der Waals surface area (Å²) in [6.45, 7) is 3.73. The molecule has 2 aromatic rings. The first-order valence-electron chi connectivity index (χ1n) is 5.59. The summed E-state index contributed by atoms with van der Waals surface area (Å²) in [4.78, 5) is 16.9. The van der Waals surface area contributed by atoms with Crippen molar-refractivity contribution in [2.24, 2.45) is 5.10 Å². The highest BCUT2D eigenvalue weighted by atomic mass is 79.9. The molecule has 1 N–H and O–H groups in total. The normalized spacial score (nSPS) is 11.4. The largest absolute Gasteiger partial charge is 0.272 e. The third-order valence-corrected chi connectivity index (χ3v) is 4.16. The summed E-state index contributed by atoms with van der Waals surface area (Å²) < 4.78 is 1.03. The molecule has 0 fully saturated rings. The van der Waals surface area contributed by atoms with E-state index in [2.05, 4.69) is 31.4 Å². The lowest BCUT2D eigenvalue weighted by Gasteiger charge is -2.01. The summed E-state index contributed by atoms with van der Waals surface area (Å²) >= 11 is 4.96. The van der Waals surface area contributed by atoms with Crippen LogP contribution in [0.3, 0.4) is 0 Å². The zero-order chi connectivity index (χ0) is 13.8. The van der Waals surface area contributed by atoms with Crippen molar-refractivity contribution in [2.75, 3.05) is 0 Å². The molecule has 2 rings (SSSR count). The Morgan fingerprint density at radius 2 is 2.16 bits per heavy atom. The fourth-order valence-electron chi connectivity index (χ4n) is 1.37. The fraction of sp³-hybridized carbons (Fsp3) is 0.154. The summed E-state index contributed by atoms with van der Waals surface area (Å²) in [6, 6.07) is 7.42. The molecule has 19 heavy (non-hydrogen) atoms. The molecule has 0 unspecified atom stereocenters. The lowest BCUT2D eigenvalue weighted by molar-refractivity contribution is 0.0954. The Balaban J connectivity index is 2.05. The first kappa shape index (κ1) is 13.9. The SMILES string of the molecule is C/C(=N\NC(=O)c1ccc(C)nc1)c1ccc(Br)s1. The molecule has 1 amide bonds. The molecule has 2 heterocycles. The number of carbonyl (C=O) groups is 1. The van der Waals surface area contributed by atoms with Crippen LogP contribution in [-0.4, -0.2) is 16.6 Å². The van der Waals surface area contributed by atoms with Crippen molar-refractivity contribution in [3.63, 3.8) is 0 Å². The van der Waals surface area contributed by atoms with Gasteiger partial charge in [0.25, 0.3) is 5.91 Å². The molecule has 0 bridgehead atoms. The summed E-state index contributed by atoms with van der Waals surface area (Å²) in [5.74, 6) is -0.262. The number of hydrogen-bond acceptors (Lipinski definition) is 4. The summed E-state index contributed by atoms with van der Waals surface area (Å²) in [7, 11) is 0. The van der Waals surface area contributed by atoms with Gasteiger partial charge in [-0.15, -0.1) is 11.3 Å². The van der Waals surface area contributed by atoms with Gasteiger partial charge in [0.1, 0.15) is 0 Å². The summed E-state index contributed by atoms with van der Waals surface area (Å²) in [5, 5.41) is 4.09. The summed E-state index contributed by atoms with van der Waals surface area (Å²) in [5.41, 5.74) is 4.66. The van der Waals surface area contributed by atoms with E-state index in [-0.39, 0.29) is 5.91 Å². The van der Waals surface area contributed by atoms with Crippen LogP contribution in [-0.2, 0) is 0 Å². The highest BCUT2D eigenvalue weighted by Crippen LogP contribution is 2.22. The number of aryl methyl sites for hydroxylation is 1. The molecule has 0 saturated heterocycles. The van der Waals surface area contributed by atoms with Crippen molar-refractivity contribution in [2.45, 2.75) is 13.8 Å². The number of halogens is 1. The predicted molar refractivity (Wildman–Crippen MR) is 80.7 cm³/mol. The van der Waals surface area contributed by atoms with Gasteiger partial charge >= 0.3 is 0 Å². The van der Waals surface area contributed by atoms with Crippen molar-refractivity contribution in [3.05, 3.63) is 50.4 Å². The van der Waals surface area contributed by atoms with Crippen LogP contribution in [0.25, 0.3) is 0 Å². The minimum atomic E-state index is -0.262. The van der Waals surface area contributed by atoms with Crippen LogP contribution in [0.4, 0.5) is 0 Å². The number of nitrogens with zero attached hydrogens (tertiary/aromatic N) is 2. The highest BCUT2D eigenvalue weighted by molar-refractivity contribution is 9.11. The van der Waals surface area contributed by atoms with Crippen molar-refractivity contribution in [1.29, 1.82) is 0 Å². The second-order valence-electron chi connectivity index (χ2n) is 3.93. The Bertz CT molecular complexity index is 619. The van der Waals surface area contributed by atoms with E-state index in [0.717, 1.165) is 20.1 Å². The standard InChI is InChI=1S/C13H12BrN3OS/c1-8-3-4-10(7-15-8)13(18)17-16-9(2)11-5-6-12(14)19-11/h3-7H,1-2H3,(H,17,18)/b16-9+. The van der Waals surface area contributed by atoms with Gasteiger partial charge in [-0.1, -0.05) is 0 Å². The topological polar surface area (TPSA) is 54.4 Å². The van der Waals surface area contributed by atoms with E-state index >= 15 is 0 Å². The third kappa shape index (κ3) is 3.71. The smallest absolute Gasteiger partial charge is 0.267 e. The number of aromatic nitrogens is 1. The van der Waals surface area contributed by atoms with E-state index in [1.54, 1.807) is 23.5 Å². The van der Waals surface area contributed by atoms with Gasteiger partial charge in [-0.2, -0.15) is 5.10 Å². The highest BCUT2D eigenvalue weighted by Gasteiger charge is 2.06. The number of rotatable bonds is 3. The van der Waals surface area contributed by atoms with Crippen molar-refractivity contribution < 1.29 is 4.79 Å². The first-order chi connectivity index (χ1) is 9.06. The van der Waals surface area contributed by atoms with E-state index in [4.69, 9.17) is 0 Å². The second-order valence-corrected chi connectivity index (χ2v) is 6.39. The van der Waals surface area contributed by atoms with Gasteiger partial charge in [-0.25, -0.2) is 5.43 Å². The Morgan fingerprint density at radius 3 is 2.74 bits per heavy atom. The molecular weight excluding hydrogens is 326 g/mol. The number of pyridine rings is 1. The average Bonchev–Trinajstić information content (AvgIpc) is 2.83. The molecule has 0 atom stereocenters. The van der Waals surface area contributed by atoms with Crippen LogP contribution in [0, 0.1) is 6.92 Å². The minimum Gasteiger partial charge on any atom is -0.267 e. The zero-order valence-electron chi connectivity index (χ0n) is 10.5. The molecule has 0 spiro atoms. The fourth-order valence-corrected chi connectivity index (χ4v) is 2.70. The zero-order valence-corrected chi connectivity index (χ0v) is 12.9. The molecule has 0 aliphatic heterocycles. The molecular formula is C13H12BrN3OS. The number of amides is 1. The Labute approximate surface area is 123 Å². The number of hydrazone groups is 1. The van der Waals surface area contributed by atoms with Gasteiger partial charge in [0.2, 0.25) is 0 Å². The van der Waals surface area contributed by atoms with Crippen LogP contribution in [0.15, 0.2) is 39.4 Å². The monoisotopic (exact) mass is 337 g/mol. The van der Waals surface area contributed by atoms with Crippen LogP contribution >= 0.6 is 27.3 Å². The lowest BCUT2D eigenvalue weighted by atomic mass is 10.2. The number of thiophene rings is 1. The van der Waals surface area contributed by atoms with Crippen molar-refractivity contribution >= 4 is 38.9 Å². The van der Waals surface area contributed by atoms with Gasteiger partial charge in [0, 0.05) is 11.9 Å². The molecule has 4 nitrogen and oxygen atoms in total. The molecule has 0 radical (unpaired) electrons.